The van der Waals surface area contributed by atoms with Crippen molar-refractivity contribution in [1.82, 2.24) is 9.97 Å². The third kappa shape index (κ3) is 2.44. The highest BCUT2D eigenvalue weighted by Gasteiger charge is 2.12. The fraction of sp³-hybridized carbons (Fsp3) is 0.250. The summed E-state index contributed by atoms with van der Waals surface area (Å²) < 4.78 is 0. The fourth-order valence-electron chi connectivity index (χ4n) is 2.27. The molecule has 3 nitrogen and oxygen atoms in total. The van der Waals surface area contributed by atoms with Crippen molar-refractivity contribution in [2.45, 2.75) is 26.3 Å². The molecule has 2 aromatic heterocycles. The zero-order chi connectivity index (χ0) is 13.9. The molecule has 0 atom stereocenters. The largest absolute Gasteiger partial charge is 0.326 e. The maximum Gasteiger partial charge on any atom is 0.142 e. The molecule has 20 heavy (non-hydrogen) atoms. The average molecular weight is 283 g/mol. The van der Waals surface area contributed by atoms with Crippen molar-refractivity contribution in [3.63, 3.8) is 0 Å². The summed E-state index contributed by atoms with van der Waals surface area (Å²) in [6.45, 7) is 2.72. The summed E-state index contributed by atoms with van der Waals surface area (Å²) in [5.41, 5.74) is 8.88. The topological polar surface area (TPSA) is 51.8 Å². The Morgan fingerprint density at radius 1 is 1.10 bits per heavy atom. The number of nitrogens with two attached hydrogens (primary N) is 1. The van der Waals surface area contributed by atoms with Crippen LogP contribution in [-0.4, -0.2) is 9.97 Å². The molecule has 4 heteroatoms. The number of hydrogen-bond acceptors (Lipinski definition) is 4. The van der Waals surface area contributed by atoms with Crippen molar-refractivity contribution in [2.24, 2.45) is 5.73 Å². The van der Waals surface area contributed by atoms with Crippen LogP contribution in [0, 0.1) is 0 Å². The number of nitrogens with zero attached hydrogens (tertiary/aromatic N) is 2. The van der Waals surface area contributed by atoms with Gasteiger partial charge in [0.15, 0.2) is 0 Å². The van der Waals surface area contributed by atoms with Crippen LogP contribution in [0.2, 0.25) is 0 Å². The van der Waals surface area contributed by atoms with E-state index < -0.39 is 0 Å². The van der Waals surface area contributed by atoms with Crippen LogP contribution in [0.25, 0.3) is 21.6 Å². The zero-order valence-electron chi connectivity index (χ0n) is 11.5. The van der Waals surface area contributed by atoms with E-state index >= 15 is 0 Å². The lowest BCUT2D eigenvalue weighted by atomic mass is 10.2. The Kier molecular flexibility index (Phi) is 3.76. The first-order chi connectivity index (χ1) is 9.81. The lowest BCUT2D eigenvalue weighted by Crippen LogP contribution is -1.97. The number of hydrogen-bond donors (Lipinski definition) is 1. The van der Waals surface area contributed by atoms with E-state index in [0.29, 0.717) is 6.54 Å². The molecule has 0 amide bonds. The molecule has 102 valence electrons. The third-order valence-corrected chi connectivity index (χ3v) is 4.41. The van der Waals surface area contributed by atoms with Crippen molar-refractivity contribution < 1.29 is 0 Å². The van der Waals surface area contributed by atoms with Crippen molar-refractivity contribution in [3.05, 3.63) is 47.0 Å². The molecule has 0 bridgehead atoms. The second kappa shape index (κ2) is 5.69. The normalized spacial score (nSPS) is 11.1. The van der Waals surface area contributed by atoms with E-state index in [4.69, 9.17) is 15.7 Å². The van der Waals surface area contributed by atoms with Crippen LogP contribution in [0.3, 0.4) is 0 Å². The van der Waals surface area contributed by atoms with Gasteiger partial charge in [-0.1, -0.05) is 37.6 Å². The lowest BCUT2D eigenvalue weighted by Gasteiger charge is -1.99. The summed E-state index contributed by atoms with van der Waals surface area (Å²) in [4.78, 5) is 10.6. The molecule has 0 fully saturated rings. The van der Waals surface area contributed by atoms with Gasteiger partial charge in [-0.15, -0.1) is 11.3 Å². The van der Waals surface area contributed by atoms with Crippen molar-refractivity contribution in [1.29, 1.82) is 0 Å². The first kappa shape index (κ1) is 13.2. The highest BCUT2D eigenvalue weighted by Crippen LogP contribution is 2.28. The Morgan fingerprint density at radius 2 is 1.95 bits per heavy atom. The second-order valence-electron chi connectivity index (χ2n) is 4.73. The van der Waals surface area contributed by atoms with E-state index in [1.54, 1.807) is 11.3 Å². The van der Waals surface area contributed by atoms with Gasteiger partial charge in [0.25, 0.3) is 0 Å². The molecule has 1 aromatic carbocycles. The van der Waals surface area contributed by atoms with E-state index in [0.717, 1.165) is 40.1 Å². The molecule has 0 aliphatic carbocycles. The van der Waals surface area contributed by atoms with Gasteiger partial charge >= 0.3 is 0 Å². The van der Waals surface area contributed by atoms with E-state index in [-0.39, 0.29) is 0 Å². The molecule has 0 unspecified atom stereocenters. The summed E-state index contributed by atoms with van der Waals surface area (Å²) in [7, 11) is 0. The Hall–Kier alpha value is -1.78. The predicted octanol–water partition coefficient (Wildman–Crippen LogP) is 3.77. The number of aromatic nitrogens is 2. The van der Waals surface area contributed by atoms with Crippen LogP contribution in [0.4, 0.5) is 0 Å². The maximum atomic E-state index is 5.81. The Bertz CT molecular complexity index is 733. The van der Waals surface area contributed by atoms with E-state index in [9.17, 15) is 0 Å². The van der Waals surface area contributed by atoms with E-state index in [1.165, 1.54) is 4.88 Å². The number of para-hydroxylation sites is 1. The summed E-state index contributed by atoms with van der Waals surface area (Å²) >= 11 is 1.66. The summed E-state index contributed by atoms with van der Waals surface area (Å²) in [6.07, 6.45) is 2.07. The average Bonchev–Trinajstić information content (AvgIpc) is 2.90. The Balaban J connectivity index is 2.05. The van der Waals surface area contributed by atoms with Gasteiger partial charge in [0, 0.05) is 16.8 Å². The molecule has 0 saturated heterocycles. The number of rotatable bonds is 4. The summed E-state index contributed by atoms with van der Waals surface area (Å²) in [6, 6.07) is 12.3. The number of benzene rings is 1. The minimum Gasteiger partial charge on any atom is -0.326 e. The number of pyridine rings is 1. The van der Waals surface area contributed by atoms with Crippen LogP contribution in [0.1, 0.15) is 23.9 Å². The van der Waals surface area contributed by atoms with Gasteiger partial charge in [0.2, 0.25) is 0 Å². The summed E-state index contributed by atoms with van der Waals surface area (Å²) in [5, 5.41) is 2.13. The highest BCUT2D eigenvalue weighted by atomic mass is 32.1. The van der Waals surface area contributed by atoms with Gasteiger partial charge in [-0.2, -0.15) is 0 Å². The van der Waals surface area contributed by atoms with Crippen molar-refractivity contribution in [2.75, 3.05) is 0 Å². The Morgan fingerprint density at radius 3 is 2.75 bits per heavy atom. The molecule has 0 saturated carbocycles. The smallest absolute Gasteiger partial charge is 0.142 e. The maximum absolute atomic E-state index is 5.81. The molecule has 2 N–H and O–H groups in total. The monoisotopic (exact) mass is 283 g/mol. The van der Waals surface area contributed by atoms with Crippen LogP contribution in [0.15, 0.2) is 36.4 Å². The molecular formula is C16H17N3S. The summed E-state index contributed by atoms with van der Waals surface area (Å²) in [5.74, 6) is 0. The molecule has 2 heterocycles. The minimum atomic E-state index is 0.556. The number of aryl methyl sites for hydroxylation is 1. The molecule has 0 radical (unpaired) electrons. The number of thiazole rings is 1. The van der Waals surface area contributed by atoms with E-state index in [2.05, 4.69) is 19.1 Å². The van der Waals surface area contributed by atoms with Gasteiger partial charge in [-0.25, -0.2) is 9.97 Å². The lowest BCUT2D eigenvalue weighted by molar-refractivity contribution is 0.871. The van der Waals surface area contributed by atoms with Crippen molar-refractivity contribution in [3.8, 4) is 10.7 Å². The minimum absolute atomic E-state index is 0.556. The quantitative estimate of drug-likeness (QED) is 0.793. The SMILES string of the molecule is CCCc1nc(-c2ccc3ccccc3n2)sc1CN. The Labute approximate surface area is 122 Å². The molecule has 0 spiro atoms. The van der Waals surface area contributed by atoms with Gasteiger partial charge in [0.1, 0.15) is 5.01 Å². The van der Waals surface area contributed by atoms with Crippen LogP contribution in [-0.2, 0) is 13.0 Å². The van der Waals surface area contributed by atoms with Crippen LogP contribution >= 0.6 is 11.3 Å². The zero-order valence-corrected chi connectivity index (χ0v) is 12.3. The molecule has 3 rings (SSSR count). The molecular weight excluding hydrogens is 266 g/mol. The highest BCUT2D eigenvalue weighted by molar-refractivity contribution is 7.15. The van der Waals surface area contributed by atoms with Crippen LogP contribution in [0.5, 0.6) is 0 Å². The standard InChI is InChI=1S/C16H17N3S/c1-2-5-13-15(10-17)20-16(19-13)14-9-8-11-6-3-4-7-12(11)18-14/h3-4,6-9H,2,5,10,17H2,1H3. The predicted molar refractivity (Wildman–Crippen MR) is 84.7 cm³/mol. The van der Waals surface area contributed by atoms with Crippen LogP contribution < -0.4 is 5.73 Å². The van der Waals surface area contributed by atoms with Gasteiger partial charge in [0.05, 0.1) is 16.9 Å². The van der Waals surface area contributed by atoms with Crippen molar-refractivity contribution >= 4 is 22.2 Å². The fourth-order valence-corrected chi connectivity index (χ4v) is 3.23. The second-order valence-corrected chi connectivity index (χ2v) is 5.82. The van der Waals surface area contributed by atoms with Gasteiger partial charge in [-0.05, 0) is 18.6 Å². The molecule has 0 aliphatic rings. The third-order valence-electron chi connectivity index (χ3n) is 3.27. The number of fused-ring (bicyclic) bond motifs is 1. The molecule has 0 aliphatic heterocycles. The van der Waals surface area contributed by atoms with Gasteiger partial charge < -0.3 is 5.73 Å². The first-order valence-electron chi connectivity index (χ1n) is 6.86. The molecule has 3 aromatic rings. The van der Waals surface area contributed by atoms with E-state index in [1.807, 2.05) is 24.3 Å². The first-order valence-corrected chi connectivity index (χ1v) is 7.68. The van der Waals surface area contributed by atoms with Gasteiger partial charge in [-0.3, -0.25) is 0 Å².